The van der Waals surface area contributed by atoms with Crippen molar-refractivity contribution >= 4 is 29.0 Å². The molecule has 0 aliphatic carbocycles. The van der Waals surface area contributed by atoms with E-state index in [0.29, 0.717) is 34.4 Å². The summed E-state index contributed by atoms with van der Waals surface area (Å²) in [6.45, 7) is 0.190. The van der Waals surface area contributed by atoms with Gasteiger partial charge in [-0.25, -0.2) is 9.37 Å². The van der Waals surface area contributed by atoms with Gasteiger partial charge in [-0.3, -0.25) is 4.79 Å². The lowest BCUT2D eigenvalue weighted by Gasteiger charge is -2.09. The van der Waals surface area contributed by atoms with Gasteiger partial charge >= 0.3 is 0 Å². The molecule has 0 aliphatic rings. The van der Waals surface area contributed by atoms with Gasteiger partial charge in [0.25, 0.3) is 5.91 Å². The normalized spacial score (nSPS) is 10.3. The lowest BCUT2D eigenvalue weighted by Crippen LogP contribution is -2.20. The molecular formula is C20H17ClFN3O2. The minimum absolute atomic E-state index is 0.130. The summed E-state index contributed by atoms with van der Waals surface area (Å²) >= 11 is 5.79. The first-order valence-corrected chi connectivity index (χ1v) is 8.59. The van der Waals surface area contributed by atoms with E-state index in [1.807, 2.05) is 0 Å². The predicted octanol–water partition coefficient (Wildman–Crippen LogP) is 4.50. The second-order valence-corrected chi connectivity index (χ2v) is 6.10. The van der Waals surface area contributed by atoms with Crippen LogP contribution >= 0.6 is 11.6 Å². The molecule has 7 heteroatoms. The van der Waals surface area contributed by atoms with Gasteiger partial charge in [0, 0.05) is 17.1 Å². The minimum atomic E-state index is -0.307. The fourth-order valence-electron chi connectivity index (χ4n) is 2.28. The Morgan fingerprint density at radius 2 is 1.85 bits per heavy atom. The number of nitrogens with one attached hydrogen (secondary N) is 2. The first-order chi connectivity index (χ1) is 13.1. The summed E-state index contributed by atoms with van der Waals surface area (Å²) in [6, 6.07) is 16.7. The standard InChI is InChI=1S/C20H17ClFN3O2/c21-15-5-8-17(9-6-15)27-13-20(26)25-16-7-10-19(24-12-16)23-11-14-3-1-2-4-18(14)22/h1-10,12H,11,13H2,(H,23,24)(H,25,26). The van der Waals surface area contributed by atoms with E-state index in [1.54, 1.807) is 54.6 Å². The Kier molecular flexibility index (Phi) is 6.22. The molecule has 27 heavy (non-hydrogen) atoms. The molecule has 138 valence electrons. The molecule has 3 aromatic rings. The molecule has 0 bridgehead atoms. The summed E-state index contributed by atoms with van der Waals surface area (Å²) in [5.41, 5.74) is 1.09. The first kappa shape index (κ1) is 18.7. The van der Waals surface area contributed by atoms with Crippen LogP contribution in [0.3, 0.4) is 0 Å². The van der Waals surface area contributed by atoms with Crippen LogP contribution in [0.1, 0.15) is 5.56 Å². The van der Waals surface area contributed by atoms with E-state index in [0.717, 1.165) is 0 Å². The SMILES string of the molecule is O=C(COc1ccc(Cl)cc1)Nc1ccc(NCc2ccccc2F)nc1. The Morgan fingerprint density at radius 3 is 2.56 bits per heavy atom. The van der Waals surface area contributed by atoms with E-state index in [4.69, 9.17) is 16.3 Å². The molecule has 0 aliphatic heterocycles. The molecule has 0 saturated heterocycles. The average Bonchev–Trinajstić information content (AvgIpc) is 2.68. The Morgan fingerprint density at radius 1 is 1.07 bits per heavy atom. The highest BCUT2D eigenvalue weighted by Gasteiger charge is 2.05. The summed E-state index contributed by atoms with van der Waals surface area (Å²) in [5, 5.41) is 6.33. The highest BCUT2D eigenvalue weighted by Crippen LogP contribution is 2.16. The van der Waals surface area contributed by atoms with E-state index in [9.17, 15) is 9.18 Å². The summed E-state index contributed by atoms with van der Waals surface area (Å²) in [4.78, 5) is 16.1. The van der Waals surface area contributed by atoms with Crippen LogP contribution in [-0.2, 0) is 11.3 Å². The number of hydrogen-bond acceptors (Lipinski definition) is 4. The molecular weight excluding hydrogens is 369 g/mol. The van der Waals surface area contributed by atoms with Crippen molar-refractivity contribution in [2.75, 3.05) is 17.2 Å². The smallest absolute Gasteiger partial charge is 0.262 e. The Hall–Kier alpha value is -3.12. The number of halogens is 2. The maximum absolute atomic E-state index is 13.6. The zero-order valence-electron chi connectivity index (χ0n) is 14.3. The van der Waals surface area contributed by atoms with E-state index in [1.165, 1.54) is 12.3 Å². The summed E-state index contributed by atoms with van der Waals surface area (Å²) in [5.74, 6) is 0.558. The van der Waals surface area contributed by atoms with Gasteiger partial charge in [0.1, 0.15) is 17.4 Å². The zero-order chi connectivity index (χ0) is 19.1. The van der Waals surface area contributed by atoms with Crippen molar-refractivity contribution in [3.63, 3.8) is 0 Å². The Bertz CT molecular complexity index is 902. The lowest BCUT2D eigenvalue weighted by molar-refractivity contribution is -0.118. The van der Waals surface area contributed by atoms with Crippen molar-refractivity contribution < 1.29 is 13.9 Å². The number of ether oxygens (including phenoxy) is 1. The number of rotatable bonds is 7. The number of benzene rings is 2. The predicted molar refractivity (Wildman–Crippen MR) is 104 cm³/mol. The van der Waals surface area contributed by atoms with Crippen molar-refractivity contribution in [2.45, 2.75) is 6.54 Å². The van der Waals surface area contributed by atoms with Crippen LogP contribution in [0.2, 0.25) is 5.02 Å². The summed E-state index contributed by atoms with van der Waals surface area (Å²) in [6.07, 6.45) is 1.52. The third-order valence-corrected chi connectivity index (χ3v) is 3.90. The molecule has 1 heterocycles. The highest BCUT2D eigenvalue weighted by atomic mass is 35.5. The molecule has 0 unspecified atom stereocenters. The van der Waals surface area contributed by atoms with Crippen LogP contribution in [0.25, 0.3) is 0 Å². The fourth-order valence-corrected chi connectivity index (χ4v) is 2.40. The fraction of sp³-hybridized carbons (Fsp3) is 0.100. The molecule has 0 fully saturated rings. The van der Waals surface area contributed by atoms with E-state index in [2.05, 4.69) is 15.6 Å². The molecule has 1 amide bonds. The second kappa shape index (κ2) is 9.00. The van der Waals surface area contributed by atoms with Gasteiger partial charge in [0.05, 0.1) is 11.9 Å². The molecule has 0 atom stereocenters. The maximum atomic E-state index is 13.6. The third kappa shape index (κ3) is 5.69. The maximum Gasteiger partial charge on any atom is 0.262 e. The topological polar surface area (TPSA) is 63.2 Å². The van der Waals surface area contributed by atoms with Crippen LogP contribution in [0.15, 0.2) is 66.9 Å². The van der Waals surface area contributed by atoms with Gasteiger partial charge in [-0.15, -0.1) is 0 Å². The number of amides is 1. The third-order valence-electron chi connectivity index (χ3n) is 3.65. The number of pyridine rings is 1. The summed E-state index contributed by atoms with van der Waals surface area (Å²) < 4.78 is 19.0. The molecule has 2 N–H and O–H groups in total. The largest absolute Gasteiger partial charge is 0.484 e. The van der Waals surface area contributed by atoms with Gasteiger partial charge in [-0.05, 0) is 42.5 Å². The number of anilines is 2. The van der Waals surface area contributed by atoms with Crippen molar-refractivity contribution in [2.24, 2.45) is 0 Å². The molecule has 1 aromatic heterocycles. The molecule has 0 radical (unpaired) electrons. The summed E-state index contributed by atoms with van der Waals surface area (Å²) in [7, 11) is 0. The van der Waals surface area contributed by atoms with Gasteiger partial charge in [0.2, 0.25) is 0 Å². The van der Waals surface area contributed by atoms with E-state index >= 15 is 0 Å². The van der Waals surface area contributed by atoms with Gasteiger partial charge in [-0.2, -0.15) is 0 Å². The molecule has 2 aromatic carbocycles. The van der Waals surface area contributed by atoms with Crippen molar-refractivity contribution in [1.82, 2.24) is 4.98 Å². The van der Waals surface area contributed by atoms with Crippen molar-refractivity contribution in [1.29, 1.82) is 0 Å². The van der Waals surface area contributed by atoms with Crippen molar-refractivity contribution in [3.8, 4) is 5.75 Å². The monoisotopic (exact) mass is 385 g/mol. The number of carbonyl (C=O) groups is 1. The molecule has 5 nitrogen and oxygen atoms in total. The molecule has 3 rings (SSSR count). The molecule has 0 spiro atoms. The van der Waals surface area contributed by atoms with Gasteiger partial charge in [0.15, 0.2) is 6.61 Å². The Balaban J connectivity index is 1.47. The van der Waals surface area contributed by atoms with Crippen molar-refractivity contribution in [3.05, 3.63) is 83.3 Å². The van der Waals surface area contributed by atoms with Crippen LogP contribution in [0.5, 0.6) is 5.75 Å². The molecule has 0 saturated carbocycles. The van der Waals surface area contributed by atoms with Crippen LogP contribution in [0, 0.1) is 5.82 Å². The number of hydrogen-bond donors (Lipinski definition) is 2. The highest BCUT2D eigenvalue weighted by molar-refractivity contribution is 6.30. The number of nitrogens with zero attached hydrogens (tertiary/aromatic N) is 1. The zero-order valence-corrected chi connectivity index (χ0v) is 15.0. The second-order valence-electron chi connectivity index (χ2n) is 5.67. The number of carbonyl (C=O) groups excluding carboxylic acids is 1. The van der Waals surface area contributed by atoms with Crippen LogP contribution in [0.4, 0.5) is 15.9 Å². The average molecular weight is 386 g/mol. The van der Waals surface area contributed by atoms with Crippen LogP contribution < -0.4 is 15.4 Å². The quantitative estimate of drug-likeness (QED) is 0.628. The minimum Gasteiger partial charge on any atom is -0.484 e. The lowest BCUT2D eigenvalue weighted by atomic mass is 10.2. The number of aromatic nitrogens is 1. The first-order valence-electron chi connectivity index (χ1n) is 8.22. The van der Waals surface area contributed by atoms with Gasteiger partial charge in [-0.1, -0.05) is 29.8 Å². The van der Waals surface area contributed by atoms with E-state index in [-0.39, 0.29) is 18.3 Å². The van der Waals surface area contributed by atoms with Gasteiger partial charge < -0.3 is 15.4 Å². The van der Waals surface area contributed by atoms with Crippen LogP contribution in [-0.4, -0.2) is 17.5 Å². The van der Waals surface area contributed by atoms with E-state index < -0.39 is 0 Å². The Labute approximate surface area is 161 Å².